The first-order valence-electron chi connectivity index (χ1n) is 9.72. The van der Waals surface area contributed by atoms with Gasteiger partial charge in [0.2, 0.25) is 17.6 Å². The fraction of sp³-hybridized carbons (Fsp3) is 0.611. The van der Waals surface area contributed by atoms with Crippen LogP contribution in [-0.4, -0.2) is 61.1 Å². The van der Waals surface area contributed by atoms with Gasteiger partial charge in [0.25, 0.3) is 10.0 Å². The first-order valence-corrected chi connectivity index (χ1v) is 12.0. The maximum atomic E-state index is 13.0. The van der Waals surface area contributed by atoms with Crippen LogP contribution in [0.1, 0.15) is 31.6 Å². The van der Waals surface area contributed by atoms with Gasteiger partial charge in [0.15, 0.2) is 0 Å². The zero-order chi connectivity index (χ0) is 20.4. The number of carbonyl (C=O) groups excluding carboxylic acids is 1. The fourth-order valence-electron chi connectivity index (χ4n) is 3.64. The number of rotatable bonds is 6. The van der Waals surface area contributed by atoms with Crippen LogP contribution in [0.3, 0.4) is 0 Å². The van der Waals surface area contributed by atoms with Crippen LogP contribution in [0.25, 0.3) is 11.4 Å². The Morgan fingerprint density at radius 3 is 2.79 bits per heavy atom. The molecule has 0 radical (unpaired) electrons. The van der Waals surface area contributed by atoms with Gasteiger partial charge < -0.3 is 14.6 Å². The average Bonchev–Trinajstić information content (AvgIpc) is 3.47. The monoisotopic (exact) mass is 440 g/mol. The van der Waals surface area contributed by atoms with Gasteiger partial charge in [0.1, 0.15) is 4.21 Å². The van der Waals surface area contributed by atoms with E-state index in [9.17, 15) is 13.2 Å². The Hall–Kier alpha value is -1.82. The van der Waals surface area contributed by atoms with Crippen LogP contribution in [0.2, 0.25) is 0 Å². The number of thiophene rings is 1. The number of nitrogens with one attached hydrogen (secondary N) is 1. The molecule has 4 heterocycles. The molecule has 1 amide bonds. The van der Waals surface area contributed by atoms with Gasteiger partial charge in [-0.2, -0.15) is 9.29 Å². The first kappa shape index (κ1) is 20.5. The maximum absolute atomic E-state index is 13.0. The molecule has 29 heavy (non-hydrogen) atoms. The van der Waals surface area contributed by atoms with E-state index >= 15 is 0 Å². The summed E-state index contributed by atoms with van der Waals surface area (Å²) in [4.78, 5) is 16.5. The van der Waals surface area contributed by atoms with Crippen molar-refractivity contribution in [2.45, 2.75) is 42.9 Å². The molecule has 1 N–H and O–H groups in total. The quantitative estimate of drug-likeness (QED) is 0.728. The summed E-state index contributed by atoms with van der Waals surface area (Å²) in [6, 6.07) is 1.57. The summed E-state index contributed by atoms with van der Waals surface area (Å²) >= 11 is 1.14. The van der Waals surface area contributed by atoms with Crippen LogP contribution < -0.4 is 5.32 Å². The van der Waals surface area contributed by atoms with E-state index < -0.39 is 10.0 Å². The normalized spacial score (nSPS) is 21.5. The van der Waals surface area contributed by atoms with Crippen LogP contribution in [0, 0.1) is 12.8 Å². The molecule has 1 atom stereocenters. The van der Waals surface area contributed by atoms with Gasteiger partial charge in [-0.05, 0) is 31.7 Å². The molecular weight excluding hydrogens is 416 g/mol. The lowest BCUT2D eigenvalue weighted by Gasteiger charge is -2.30. The minimum absolute atomic E-state index is 0.0107. The maximum Gasteiger partial charge on any atom is 0.252 e. The van der Waals surface area contributed by atoms with Gasteiger partial charge >= 0.3 is 0 Å². The zero-order valence-corrected chi connectivity index (χ0v) is 17.8. The molecule has 0 aromatic carbocycles. The predicted molar refractivity (Wildman–Crippen MR) is 106 cm³/mol. The van der Waals surface area contributed by atoms with E-state index in [1.807, 2.05) is 0 Å². The molecule has 0 spiro atoms. The van der Waals surface area contributed by atoms with Crippen molar-refractivity contribution in [1.82, 2.24) is 19.8 Å². The van der Waals surface area contributed by atoms with E-state index in [2.05, 4.69) is 15.5 Å². The van der Waals surface area contributed by atoms with E-state index in [0.717, 1.165) is 30.8 Å². The number of carbonyl (C=O) groups is 1. The SMILES string of the molecule is Cc1nc(-c2csc(S(=O)(=O)N3CCC(C(=O)NC[C@H]4CCCO4)CC3)c2)no1. The van der Waals surface area contributed by atoms with Gasteiger partial charge in [0.05, 0.1) is 6.10 Å². The van der Waals surface area contributed by atoms with Crippen molar-refractivity contribution in [3.63, 3.8) is 0 Å². The number of amides is 1. The minimum atomic E-state index is -3.60. The number of hydrogen-bond acceptors (Lipinski definition) is 8. The lowest BCUT2D eigenvalue weighted by Crippen LogP contribution is -2.44. The second-order valence-corrected chi connectivity index (χ2v) is 10.4. The van der Waals surface area contributed by atoms with Crippen LogP contribution in [0.5, 0.6) is 0 Å². The number of nitrogens with zero attached hydrogens (tertiary/aromatic N) is 3. The topological polar surface area (TPSA) is 115 Å². The van der Waals surface area contributed by atoms with Crippen molar-refractivity contribution < 1.29 is 22.5 Å². The Bertz CT molecular complexity index is 957. The van der Waals surface area contributed by atoms with Crippen molar-refractivity contribution in [1.29, 1.82) is 0 Å². The van der Waals surface area contributed by atoms with E-state index in [0.29, 0.717) is 49.8 Å². The van der Waals surface area contributed by atoms with Crippen LogP contribution in [0.4, 0.5) is 0 Å². The van der Waals surface area contributed by atoms with Crippen molar-refractivity contribution in [3.05, 3.63) is 17.3 Å². The molecule has 0 aliphatic carbocycles. The summed E-state index contributed by atoms with van der Waals surface area (Å²) in [7, 11) is -3.60. The fourth-order valence-corrected chi connectivity index (χ4v) is 6.42. The molecule has 2 fully saturated rings. The summed E-state index contributed by atoms with van der Waals surface area (Å²) in [6.07, 6.45) is 3.14. The smallest absolute Gasteiger partial charge is 0.252 e. The van der Waals surface area contributed by atoms with Gasteiger partial charge in [-0.15, -0.1) is 11.3 Å². The van der Waals surface area contributed by atoms with Crippen molar-refractivity contribution in [2.75, 3.05) is 26.2 Å². The highest BCUT2D eigenvalue weighted by atomic mass is 32.2. The number of ether oxygens (including phenoxy) is 1. The number of sulfonamides is 1. The molecule has 9 nitrogen and oxygen atoms in total. The van der Waals surface area contributed by atoms with Gasteiger partial charge in [-0.25, -0.2) is 8.42 Å². The van der Waals surface area contributed by atoms with Crippen LogP contribution in [0.15, 0.2) is 20.2 Å². The lowest BCUT2D eigenvalue weighted by atomic mass is 9.97. The third-order valence-electron chi connectivity index (χ3n) is 5.31. The summed E-state index contributed by atoms with van der Waals surface area (Å²) in [5, 5.41) is 8.49. The van der Waals surface area contributed by atoms with E-state index in [4.69, 9.17) is 9.26 Å². The molecule has 2 saturated heterocycles. The second-order valence-electron chi connectivity index (χ2n) is 7.35. The summed E-state index contributed by atoms with van der Waals surface area (Å²) in [5.74, 6) is 0.629. The highest BCUT2D eigenvalue weighted by molar-refractivity contribution is 7.91. The van der Waals surface area contributed by atoms with Crippen molar-refractivity contribution in [2.24, 2.45) is 5.92 Å². The van der Waals surface area contributed by atoms with Gasteiger partial charge in [0, 0.05) is 50.0 Å². The predicted octanol–water partition coefficient (Wildman–Crippen LogP) is 1.80. The molecule has 2 aliphatic rings. The van der Waals surface area contributed by atoms with Gasteiger partial charge in [-0.1, -0.05) is 5.16 Å². The van der Waals surface area contributed by atoms with E-state index in [-0.39, 0.29) is 22.1 Å². The largest absolute Gasteiger partial charge is 0.376 e. The molecule has 4 rings (SSSR count). The van der Waals surface area contributed by atoms with Gasteiger partial charge in [-0.3, -0.25) is 4.79 Å². The molecule has 158 valence electrons. The Labute approximate surface area is 173 Å². The van der Waals surface area contributed by atoms with Crippen LogP contribution >= 0.6 is 11.3 Å². The third kappa shape index (κ3) is 4.52. The van der Waals surface area contributed by atoms with Crippen molar-refractivity contribution >= 4 is 27.3 Å². The summed E-state index contributed by atoms with van der Waals surface area (Å²) in [6.45, 7) is 3.63. The first-order chi connectivity index (χ1) is 13.9. The summed E-state index contributed by atoms with van der Waals surface area (Å²) < 4.78 is 38.1. The molecule has 2 aliphatic heterocycles. The van der Waals surface area contributed by atoms with E-state index in [1.165, 1.54) is 4.31 Å². The molecule has 2 aromatic heterocycles. The van der Waals surface area contributed by atoms with Crippen LogP contribution in [-0.2, 0) is 19.6 Å². The Morgan fingerprint density at radius 2 is 2.14 bits per heavy atom. The van der Waals surface area contributed by atoms with Crippen molar-refractivity contribution in [3.8, 4) is 11.4 Å². The third-order valence-corrected chi connectivity index (χ3v) is 8.62. The number of hydrogen-bond donors (Lipinski definition) is 1. The molecule has 2 aromatic rings. The molecule has 0 unspecified atom stereocenters. The molecule has 0 bridgehead atoms. The summed E-state index contributed by atoms with van der Waals surface area (Å²) in [5.41, 5.74) is 0.619. The Balaban J connectivity index is 1.33. The second kappa shape index (κ2) is 8.50. The Morgan fingerprint density at radius 1 is 1.34 bits per heavy atom. The average molecular weight is 441 g/mol. The zero-order valence-electron chi connectivity index (χ0n) is 16.2. The molecular formula is C18H24N4O5S2. The molecule has 0 saturated carbocycles. The lowest BCUT2D eigenvalue weighted by molar-refractivity contribution is -0.126. The standard InChI is InChI=1S/C18H24N4O5S2/c1-12-20-17(21-27-12)14-9-16(28-11-14)29(24,25)22-6-4-13(5-7-22)18(23)19-10-15-3-2-8-26-15/h9,11,13,15H,2-8,10H2,1H3,(H,19,23)/t15-/m1/s1. The number of aromatic nitrogens is 2. The minimum Gasteiger partial charge on any atom is -0.376 e. The molecule has 11 heteroatoms. The Kier molecular flexibility index (Phi) is 6.00. The highest BCUT2D eigenvalue weighted by Gasteiger charge is 2.33. The number of piperidine rings is 1. The highest BCUT2D eigenvalue weighted by Crippen LogP contribution is 2.31. The van der Waals surface area contributed by atoms with E-state index in [1.54, 1.807) is 18.4 Å². The number of aryl methyl sites for hydroxylation is 1.